The van der Waals surface area contributed by atoms with Crippen molar-refractivity contribution in [3.63, 3.8) is 0 Å². The van der Waals surface area contributed by atoms with Crippen molar-refractivity contribution < 1.29 is 4.79 Å². The molecule has 0 aliphatic heterocycles. The second kappa shape index (κ2) is 6.98. The Morgan fingerprint density at radius 1 is 1.43 bits per heavy atom. The van der Waals surface area contributed by atoms with Gasteiger partial charge in [0.05, 0.1) is 17.3 Å². The lowest BCUT2D eigenvalue weighted by molar-refractivity contribution is 0.101. The van der Waals surface area contributed by atoms with Gasteiger partial charge in [-0.1, -0.05) is 23.4 Å². The van der Waals surface area contributed by atoms with Crippen LogP contribution in [0.4, 0.5) is 5.69 Å². The molecular formula is C16H16ClN3O. The number of carbonyl (C=O) groups is 1. The van der Waals surface area contributed by atoms with Crippen LogP contribution in [0, 0.1) is 11.8 Å². The summed E-state index contributed by atoms with van der Waals surface area (Å²) in [6.45, 7) is 2.99. The molecule has 0 radical (unpaired) electrons. The Labute approximate surface area is 128 Å². The van der Waals surface area contributed by atoms with Crippen LogP contribution in [0.5, 0.6) is 0 Å². The number of nitrogens with two attached hydrogens (primary N) is 1. The number of hydrogen-bond donors (Lipinski definition) is 2. The van der Waals surface area contributed by atoms with E-state index in [1.54, 1.807) is 24.3 Å². The van der Waals surface area contributed by atoms with Gasteiger partial charge in [0, 0.05) is 18.3 Å². The van der Waals surface area contributed by atoms with E-state index in [0.717, 1.165) is 12.1 Å². The van der Waals surface area contributed by atoms with Crippen molar-refractivity contribution in [2.75, 3.05) is 11.9 Å². The minimum atomic E-state index is -0.201. The van der Waals surface area contributed by atoms with Crippen LogP contribution < -0.4 is 11.1 Å². The van der Waals surface area contributed by atoms with E-state index in [1.807, 2.05) is 23.8 Å². The zero-order valence-corrected chi connectivity index (χ0v) is 12.4. The Hall–Kier alpha value is -2.22. The molecule has 21 heavy (non-hydrogen) atoms. The van der Waals surface area contributed by atoms with Crippen LogP contribution in [-0.2, 0) is 6.54 Å². The van der Waals surface area contributed by atoms with Gasteiger partial charge in [0.2, 0.25) is 0 Å². The van der Waals surface area contributed by atoms with E-state index in [4.69, 9.17) is 17.3 Å². The number of hydrogen-bond acceptors (Lipinski definition) is 2. The fourth-order valence-electron chi connectivity index (χ4n) is 1.93. The summed E-state index contributed by atoms with van der Waals surface area (Å²) in [5, 5.41) is 3.28. The lowest BCUT2D eigenvalue weighted by atomic mass is 10.2. The SMILES string of the molecule is CCn1cccc1C(=O)Nc1cc(C#CCN)ccc1Cl. The third-order valence-electron chi connectivity index (χ3n) is 2.95. The van der Waals surface area contributed by atoms with Crippen LogP contribution in [0.25, 0.3) is 0 Å². The van der Waals surface area contributed by atoms with Crippen molar-refractivity contribution in [3.05, 3.63) is 52.8 Å². The van der Waals surface area contributed by atoms with Crippen LogP contribution in [-0.4, -0.2) is 17.0 Å². The minimum absolute atomic E-state index is 0.201. The van der Waals surface area contributed by atoms with E-state index < -0.39 is 0 Å². The number of amides is 1. The van der Waals surface area contributed by atoms with Gasteiger partial charge in [-0.2, -0.15) is 0 Å². The summed E-state index contributed by atoms with van der Waals surface area (Å²) in [7, 11) is 0. The Bertz CT molecular complexity index is 710. The molecule has 2 aromatic rings. The predicted molar refractivity (Wildman–Crippen MR) is 85.4 cm³/mol. The first kappa shape index (κ1) is 15.2. The Balaban J connectivity index is 2.24. The van der Waals surface area contributed by atoms with Gasteiger partial charge in [0.25, 0.3) is 5.91 Å². The standard InChI is InChI=1S/C16H16ClN3O/c1-2-20-10-4-6-15(20)16(21)19-14-11-12(5-3-9-18)7-8-13(14)17/h4,6-8,10-11H,2,9,18H2,1H3,(H,19,21). The summed E-state index contributed by atoms with van der Waals surface area (Å²) in [5.41, 5.74) is 7.23. The summed E-state index contributed by atoms with van der Waals surface area (Å²) in [6, 6.07) is 8.84. The smallest absolute Gasteiger partial charge is 0.272 e. The highest BCUT2D eigenvalue weighted by atomic mass is 35.5. The molecule has 3 N–H and O–H groups in total. The lowest BCUT2D eigenvalue weighted by Gasteiger charge is -2.09. The Morgan fingerprint density at radius 3 is 2.95 bits per heavy atom. The number of carbonyl (C=O) groups excluding carboxylic acids is 1. The minimum Gasteiger partial charge on any atom is -0.344 e. The molecular weight excluding hydrogens is 286 g/mol. The van der Waals surface area contributed by atoms with E-state index in [2.05, 4.69) is 17.2 Å². The van der Waals surface area contributed by atoms with Gasteiger partial charge in [-0.15, -0.1) is 0 Å². The Morgan fingerprint density at radius 2 is 2.24 bits per heavy atom. The normalized spacial score (nSPS) is 9.86. The fraction of sp³-hybridized carbons (Fsp3) is 0.188. The molecule has 1 aromatic heterocycles. The summed E-state index contributed by atoms with van der Waals surface area (Å²) in [6.07, 6.45) is 1.86. The maximum absolute atomic E-state index is 12.3. The van der Waals surface area contributed by atoms with Gasteiger partial charge < -0.3 is 15.6 Å². The molecule has 0 atom stereocenters. The van der Waals surface area contributed by atoms with Gasteiger partial charge >= 0.3 is 0 Å². The maximum atomic E-state index is 12.3. The molecule has 0 saturated heterocycles. The van der Waals surface area contributed by atoms with Gasteiger partial charge in [0.15, 0.2) is 0 Å². The number of aryl methyl sites for hydroxylation is 1. The third-order valence-corrected chi connectivity index (χ3v) is 3.28. The predicted octanol–water partition coefficient (Wildman–Crippen LogP) is 2.72. The molecule has 1 aromatic carbocycles. The molecule has 0 fully saturated rings. The van der Waals surface area contributed by atoms with Crippen molar-refractivity contribution >= 4 is 23.2 Å². The van der Waals surface area contributed by atoms with Crippen molar-refractivity contribution in [1.29, 1.82) is 0 Å². The molecule has 4 nitrogen and oxygen atoms in total. The van der Waals surface area contributed by atoms with Gasteiger partial charge in [-0.25, -0.2) is 0 Å². The monoisotopic (exact) mass is 301 g/mol. The van der Waals surface area contributed by atoms with E-state index in [0.29, 0.717) is 16.4 Å². The topological polar surface area (TPSA) is 60.0 Å². The van der Waals surface area contributed by atoms with Crippen LogP contribution in [0.15, 0.2) is 36.5 Å². The molecule has 0 aliphatic carbocycles. The number of rotatable bonds is 3. The fourth-order valence-corrected chi connectivity index (χ4v) is 2.10. The number of nitrogens with one attached hydrogen (secondary N) is 1. The molecule has 1 amide bonds. The second-order valence-electron chi connectivity index (χ2n) is 4.33. The van der Waals surface area contributed by atoms with Gasteiger partial charge in [-0.05, 0) is 37.3 Å². The average molecular weight is 302 g/mol. The van der Waals surface area contributed by atoms with Gasteiger partial charge in [0.1, 0.15) is 5.69 Å². The number of nitrogens with zero attached hydrogens (tertiary/aromatic N) is 1. The summed E-state index contributed by atoms with van der Waals surface area (Å²) >= 11 is 6.11. The summed E-state index contributed by atoms with van der Waals surface area (Å²) < 4.78 is 1.86. The summed E-state index contributed by atoms with van der Waals surface area (Å²) in [4.78, 5) is 12.3. The molecule has 2 rings (SSSR count). The zero-order chi connectivity index (χ0) is 15.2. The molecule has 1 heterocycles. The zero-order valence-electron chi connectivity index (χ0n) is 11.7. The van der Waals surface area contributed by atoms with Gasteiger partial charge in [-0.3, -0.25) is 4.79 Å². The number of aromatic nitrogens is 1. The molecule has 108 valence electrons. The van der Waals surface area contributed by atoms with Crippen molar-refractivity contribution in [2.24, 2.45) is 5.73 Å². The lowest BCUT2D eigenvalue weighted by Crippen LogP contribution is -2.16. The first-order chi connectivity index (χ1) is 10.2. The molecule has 0 unspecified atom stereocenters. The third kappa shape index (κ3) is 3.66. The Kier molecular flexibility index (Phi) is 5.04. The molecule has 5 heteroatoms. The highest BCUT2D eigenvalue weighted by Gasteiger charge is 2.12. The quantitative estimate of drug-likeness (QED) is 0.856. The molecule has 0 spiro atoms. The van der Waals surface area contributed by atoms with Crippen LogP contribution in [0.3, 0.4) is 0 Å². The maximum Gasteiger partial charge on any atom is 0.272 e. The van der Waals surface area contributed by atoms with Crippen molar-refractivity contribution in [2.45, 2.75) is 13.5 Å². The van der Waals surface area contributed by atoms with Crippen LogP contribution in [0.2, 0.25) is 5.02 Å². The first-order valence-electron chi connectivity index (χ1n) is 6.60. The highest BCUT2D eigenvalue weighted by Crippen LogP contribution is 2.23. The summed E-state index contributed by atoms with van der Waals surface area (Å²) in [5.74, 6) is 5.48. The molecule has 0 bridgehead atoms. The van der Waals surface area contributed by atoms with Crippen LogP contribution in [0.1, 0.15) is 23.0 Å². The molecule has 0 aliphatic rings. The second-order valence-corrected chi connectivity index (χ2v) is 4.74. The number of benzene rings is 1. The van der Waals surface area contributed by atoms with Crippen molar-refractivity contribution in [3.8, 4) is 11.8 Å². The highest BCUT2D eigenvalue weighted by molar-refractivity contribution is 6.34. The van der Waals surface area contributed by atoms with E-state index in [1.165, 1.54) is 0 Å². The first-order valence-corrected chi connectivity index (χ1v) is 6.98. The van der Waals surface area contributed by atoms with E-state index >= 15 is 0 Å². The van der Waals surface area contributed by atoms with Crippen LogP contribution >= 0.6 is 11.6 Å². The number of halogens is 1. The number of anilines is 1. The van der Waals surface area contributed by atoms with Crippen molar-refractivity contribution in [1.82, 2.24) is 4.57 Å². The van der Waals surface area contributed by atoms with E-state index in [9.17, 15) is 4.79 Å². The largest absolute Gasteiger partial charge is 0.344 e. The molecule has 0 saturated carbocycles. The average Bonchev–Trinajstić information content (AvgIpc) is 2.96. The van der Waals surface area contributed by atoms with E-state index in [-0.39, 0.29) is 12.5 Å².